The minimum absolute atomic E-state index is 0.0306. The van der Waals surface area contributed by atoms with Crippen molar-refractivity contribution >= 4 is 60.3 Å². The second-order valence-electron chi connectivity index (χ2n) is 15.1. The van der Waals surface area contributed by atoms with Crippen LogP contribution in [0.5, 0.6) is 0 Å². The average molecular weight is 688 g/mol. The summed E-state index contributed by atoms with van der Waals surface area (Å²) in [5, 5.41) is 3.71. The average Bonchev–Trinajstić information content (AvgIpc) is 3.83. The lowest BCUT2D eigenvalue weighted by Crippen LogP contribution is -2.19. The first-order valence-electron chi connectivity index (χ1n) is 18.5. The van der Waals surface area contributed by atoms with Crippen LogP contribution in [-0.2, 0) is 18.3 Å². The molecule has 0 amide bonds. The highest BCUT2D eigenvalue weighted by Gasteiger charge is 2.35. The number of anilines is 2. The molecule has 52 heavy (non-hydrogen) atoms. The van der Waals surface area contributed by atoms with Crippen molar-refractivity contribution in [3.8, 4) is 22.3 Å². The van der Waals surface area contributed by atoms with Gasteiger partial charge in [-0.15, -0.1) is 11.3 Å². The molecule has 0 saturated heterocycles. The van der Waals surface area contributed by atoms with E-state index in [0.717, 1.165) is 53.3 Å². The van der Waals surface area contributed by atoms with E-state index in [2.05, 4.69) is 152 Å². The standard InChI is InChI=1S/C49H37NOS/c1-49(2)42-12-6-3-9-37(42)41-28-34(22-25-43(41)49)50(35-21-24-39-38-10-4-7-13-44(38)51-45(39)29-35)33-19-15-30(16-20-33)31-17-23-36-32(27-31)18-26-47-48(36)40-11-5-8-14-46(40)52-47/h3-15,17,19,21-25,27-29H,16,18,20,26H2,1-2H3. The van der Waals surface area contributed by atoms with E-state index in [1.807, 2.05) is 17.4 Å². The molecule has 8 aromatic rings. The minimum atomic E-state index is -0.0306. The fraction of sp³-hybridized carbons (Fsp3) is 0.143. The monoisotopic (exact) mass is 687 g/mol. The predicted octanol–water partition coefficient (Wildman–Crippen LogP) is 13.8. The molecular formula is C49H37NOS. The van der Waals surface area contributed by atoms with E-state index < -0.39 is 0 Å². The highest BCUT2D eigenvalue weighted by Crippen LogP contribution is 2.51. The Labute approximate surface area is 308 Å². The zero-order chi connectivity index (χ0) is 34.6. The fourth-order valence-electron chi connectivity index (χ4n) is 9.29. The number of para-hydroxylation sites is 1. The van der Waals surface area contributed by atoms with Crippen LogP contribution in [0.25, 0.3) is 59.9 Å². The van der Waals surface area contributed by atoms with Crippen LogP contribution in [0.3, 0.4) is 0 Å². The largest absolute Gasteiger partial charge is 0.456 e. The third-order valence-electron chi connectivity index (χ3n) is 11.9. The number of aryl methyl sites for hydroxylation is 2. The molecule has 11 rings (SSSR count). The molecule has 250 valence electrons. The molecule has 0 N–H and O–H groups in total. The van der Waals surface area contributed by atoms with Crippen LogP contribution in [0, 0.1) is 0 Å². The molecule has 0 spiro atoms. The topological polar surface area (TPSA) is 16.4 Å². The predicted molar refractivity (Wildman–Crippen MR) is 220 cm³/mol. The van der Waals surface area contributed by atoms with Crippen LogP contribution in [0.2, 0.25) is 0 Å². The Kier molecular flexibility index (Phi) is 6.46. The molecule has 2 heterocycles. The van der Waals surface area contributed by atoms with Crippen molar-refractivity contribution in [2.24, 2.45) is 0 Å². The van der Waals surface area contributed by atoms with Crippen LogP contribution in [-0.4, -0.2) is 0 Å². The maximum atomic E-state index is 6.42. The number of furan rings is 1. The maximum absolute atomic E-state index is 6.42. The molecule has 0 aliphatic heterocycles. The summed E-state index contributed by atoms with van der Waals surface area (Å²) in [7, 11) is 0. The maximum Gasteiger partial charge on any atom is 0.137 e. The highest BCUT2D eigenvalue weighted by molar-refractivity contribution is 7.19. The molecule has 0 fully saturated rings. The van der Waals surface area contributed by atoms with E-state index in [-0.39, 0.29) is 5.41 Å². The van der Waals surface area contributed by atoms with Crippen LogP contribution in [0.1, 0.15) is 53.8 Å². The third-order valence-corrected chi connectivity index (χ3v) is 13.1. The molecular weight excluding hydrogens is 651 g/mol. The summed E-state index contributed by atoms with van der Waals surface area (Å²) >= 11 is 1.97. The van der Waals surface area contributed by atoms with Gasteiger partial charge in [0.2, 0.25) is 0 Å². The lowest BCUT2D eigenvalue weighted by Gasteiger charge is -2.31. The molecule has 3 heteroatoms. The summed E-state index contributed by atoms with van der Waals surface area (Å²) in [6, 6.07) is 47.2. The SMILES string of the molecule is CC1(C)c2ccccc2-c2cc(N(C3=CC=C(c4ccc5c(c4)CCc4sc6ccccc6c4-5)CC3)c3ccc4c(c3)oc3ccccc34)ccc21. The molecule has 2 aromatic heterocycles. The smallest absolute Gasteiger partial charge is 0.137 e. The fourth-order valence-corrected chi connectivity index (χ4v) is 10.5. The number of benzene rings is 6. The molecule has 6 aromatic carbocycles. The molecule has 0 unspecified atom stereocenters. The summed E-state index contributed by atoms with van der Waals surface area (Å²) in [4.78, 5) is 4.00. The summed E-state index contributed by atoms with van der Waals surface area (Å²) < 4.78 is 7.82. The molecule has 0 bridgehead atoms. The number of rotatable bonds is 4. The molecule has 0 radical (unpaired) electrons. The van der Waals surface area contributed by atoms with Gasteiger partial charge >= 0.3 is 0 Å². The van der Waals surface area contributed by atoms with Gasteiger partial charge in [0, 0.05) is 59.9 Å². The van der Waals surface area contributed by atoms with Crippen LogP contribution in [0.4, 0.5) is 11.4 Å². The highest BCUT2D eigenvalue weighted by atomic mass is 32.1. The van der Waals surface area contributed by atoms with Gasteiger partial charge in [0.05, 0.1) is 0 Å². The Balaban J connectivity index is 1.01. The van der Waals surface area contributed by atoms with Gasteiger partial charge in [0.15, 0.2) is 0 Å². The Bertz CT molecular complexity index is 2840. The van der Waals surface area contributed by atoms with Gasteiger partial charge in [-0.3, -0.25) is 0 Å². The van der Waals surface area contributed by atoms with E-state index in [0.29, 0.717) is 0 Å². The lowest BCUT2D eigenvalue weighted by atomic mass is 9.82. The molecule has 3 aliphatic carbocycles. The van der Waals surface area contributed by atoms with Crippen molar-refractivity contribution in [3.63, 3.8) is 0 Å². The van der Waals surface area contributed by atoms with E-state index in [9.17, 15) is 0 Å². The molecule has 0 atom stereocenters. The number of fused-ring (bicyclic) bond motifs is 11. The first-order valence-corrected chi connectivity index (χ1v) is 19.3. The Morgan fingerprint density at radius 1 is 0.577 bits per heavy atom. The Morgan fingerprint density at radius 3 is 2.25 bits per heavy atom. The van der Waals surface area contributed by atoms with Crippen molar-refractivity contribution < 1.29 is 4.42 Å². The normalized spacial score (nSPS) is 15.6. The van der Waals surface area contributed by atoms with Crippen molar-refractivity contribution in [2.75, 3.05) is 4.90 Å². The van der Waals surface area contributed by atoms with Gasteiger partial charge < -0.3 is 9.32 Å². The summed E-state index contributed by atoms with van der Waals surface area (Å²) in [6.07, 6.45) is 8.89. The van der Waals surface area contributed by atoms with Gasteiger partial charge in [-0.05, 0) is 113 Å². The van der Waals surface area contributed by atoms with Crippen molar-refractivity contribution in [1.82, 2.24) is 0 Å². The Hall–Kier alpha value is -5.64. The zero-order valence-corrected chi connectivity index (χ0v) is 30.2. The van der Waals surface area contributed by atoms with E-state index >= 15 is 0 Å². The zero-order valence-electron chi connectivity index (χ0n) is 29.4. The first-order chi connectivity index (χ1) is 25.5. The lowest BCUT2D eigenvalue weighted by molar-refractivity contribution is 0.660. The summed E-state index contributed by atoms with van der Waals surface area (Å²) in [6.45, 7) is 4.70. The van der Waals surface area contributed by atoms with Gasteiger partial charge in [-0.25, -0.2) is 0 Å². The van der Waals surface area contributed by atoms with Gasteiger partial charge in [-0.2, -0.15) is 0 Å². The van der Waals surface area contributed by atoms with Crippen LogP contribution >= 0.6 is 11.3 Å². The molecule has 2 nitrogen and oxygen atoms in total. The first kappa shape index (κ1) is 30.0. The second kappa shape index (κ2) is 11.2. The number of allylic oxidation sites excluding steroid dienone is 4. The summed E-state index contributed by atoms with van der Waals surface area (Å²) in [5.41, 5.74) is 18.0. The van der Waals surface area contributed by atoms with Crippen molar-refractivity contribution in [2.45, 2.75) is 44.9 Å². The van der Waals surface area contributed by atoms with Gasteiger partial charge in [0.25, 0.3) is 0 Å². The van der Waals surface area contributed by atoms with Crippen molar-refractivity contribution in [3.05, 3.63) is 172 Å². The number of hydrogen-bond acceptors (Lipinski definition) is 3. The number of hydrogen-bond donors (Lipinski definition) is 0. The minimum Gasteiger partial charge on any atom is -0.456 e. The third kappa shape index (κ3) is 4.42. The second-order valence-corrected chi connectivity index (χ2v) is 16.3. The van der Waals surface area contributed by atoms with Crippen LogP contribution < -0.4 is 4.90 Å². The van der Waals surface area contributed by atoms with E-state index in [4.69, 9.17) is 4.42 Å². The van der Waals surface area contributed by atoms with Gasteiger partial charge in [0.1, 0.15) is 11.2 Å². The van der Waals surface area contributed by atoms with E-state index in [1.54, 1.807) is 0 Å². The van der Waals surface area contributed by atoms with Gasteiger partial charge in [-0.1, -0.05) is 105 Å². The number of thiophene rings is 1. The quantitative estimate of drug-likeness (QED) is 0.183. The molecule has 0 saturated carbocycles. The van der Waals surface area contributed by atoms with Crippen LogP contribution in [0.15, 0.2) is 150 Å². The van der Waals surface area contributed by atoms with Crippen molar-refractivity contribution in [1.29, 1.82) is 0 Å². The number of nitrogens with zero attached hydrogens (tertiary/aromatic N) is 1. The Morgan fingerprint density at radius 2 is 1.35 bits per heavy atom. The molecule has 3 aliphatic rings. The summed E-state index contributed by atoms with van der Waals surface area (Å²) in [5.74, 6) is 0. The van der Waals surface area contributed by atoms with E-state index in [1.165, 1.54) is 76.4 Å².